The summed E-state index contributed by atoms with van der Waals surface area (Å²) in [5.41, 5.74) is 6.33. The summed E-state index contributed by atoms with van der Waals surface area (Å²) < 4.78 is 0. The number of aryl methyl sites for hydroxylation is 1. The van der Waals surface area contributed by atoms with Crippen molar-refractivity contribution < 1.29 is 4.79 Å². The van der Waals surface area contributed by atoms with Crippen LogP contribution in [0.1, 0.15) is 17.5 Å². The molecule has 1 nitrogen and oxygen atoms in total. The molecule has 2 aromatic rings. The number of hydrogen-bond acceptors (Lipinski definition) is 1. The highest BCUT2D eigenvalue weighted by atomic mass is 16.1. The van der Waals surface area contributed by atoms with E-state index in [4.69, 9.17) is 0 Å². The van der Waals surface area contributed by atoms with E-state index in [0.29, 0.717) is 6.42 Å². The average molecular weight is 272 g/mol. The molecule has 1 heteroatoms. The minimum Gasteiger partial charge on any atom is -0.233 e. The first-order valence-electron chi connectivity index (χ1n) is 7.07. The topological polar surface area (TPSA) is 17.1 Å². The molecule has 0 spiro atoms. The van der Waals surface area contributed by atoms with Crippen LogP contribution >= 0.6 is 0 Å². The lowest BCUT2D eigenvalue weighted by atomic mass is 9.87. The van der Waals surface area contributed by atoms with Crippen molar-refractivity contribution in [3.8, 4) is 11.1 Å². The second-order valence-corrected chi connectivity index (χ2v) is 5.20. The molecular formula is C20H16O. The Morgan fingerprint density at radius 3 is 2.38 bits per heavy atom. The van der Waals surface area contributed by atoms with Crippen molar-refractivity contribution in [2.75, 3.05) is 0 Å². The van der Waals surface area contributed by atoms with Crippen LogP contribution in [-0.2, 0) is 4.79 Å². The minimum atomic E-state index is 0.650. The van der Waals surface area contributed by atoms with Gasteiger partial charge in [0.05, 0.1) is 0 Å². The van der Waals surface area contributed by atoms with Gasteiger partial charge in [0.1, 0.15) is 5.94 Å². The molecule has 21 heavy (non-hydrogen) atoms. The van der Waals surface area contributed by atoms with Crippen molar-refractivity contribution in [3.63, 3.8) is 0 Å². The highest BCUT2D eigenvalue weighted by Gasteiger charge is 2.14. The van der Waals surface area contributed by atoms with Gasteiger partial charge in [0.25, 0.3) is 0 Å². The minimum absolute atomic E-state index is 0.650. The largest absolute Gasteiger partial charge is 0.233 e. The zero-order valence-electron chi connectivity index (χ0n) is 12.0. The van der Waals surface area contributed by atoms with E-state index in [0.717, 1.165) is 27.8 Å². The van der Waals surface area contributed by atoms with Crippen LogP contribution in [0.25, 0.3) is 16.7 Å². The molecule has 0 saturated carbocycles. The highest BCUT2D eigenvalue weighted by Crippen LogP contribution is 2.34. The lowest BCUT2D eigenvalue weighted by Gasteiger charge is -2.15. The number of rotatable bonds is 2. The van der Waals surface area contributed by atoms with Gasteiger partial charge in [-0.2, -0.15) is 0 Å². The van der Waals surface area contributed by atoms with Crippen molar-refractivity contribution >= 4 is 11.5 Å². The van der Waals surface area contributed by atoms with E-state index in [-0.39, 0.29) is 0 Å². The summed E-state index contributed by atoms with van der Waals surface area (Å²) in [5, 5.41) is 0. The van der Waals surface area contributed by atoms with Crippen LogP contribution < -0.4 is 0 Å². The van der Waals surface area contributed by atoms with Crippen LogP contribution in [0.4, 0.5) is 0 Å². The maximum Gasteiger partial charge on any atom is 0.128 e. The van der Waals surface area contributed by atoms with Crippen molar-refractivity contribution in [3.05, 3.63) is 83.5 Å². The predicted molar refractivity (Wildman–Crippen MR) is 87.6 cm³/mol. The van der Waals surface area contributed by atoms with Gasteiger partial charge < -0.3 is 0 Å². The Morgan fingerprint density at radius 2 is 1.67 bits per heavy atom. The Balaban J connectivity index is 2.16. The number of benzene rings is 2. The first-order valence-corrected chi connectivity index (χ1v) is 7.07. The van der Waals surface area contributed by atoms with Crippen molar-refractivity contribution in [1.82, 2.24) is 0 Å². The van der Waals surface area contributed by atoms with Crippen molar-refractivity contribution in [2.24, 2.45) is 0 Å². The molecule has 0 N–H and O–H groups in total. The van der Waals surface area contributed by atoms with Crippen LogP contribution in [0.2, 0.25) is 0 Å². The Bertz CT molecular complexity index is 770. The first kappa shape index (κ1) is 13.4. The third kappa shape index (κ3) is 2.65. The van der Waals surface area contributed by atoms with Crippen molar-refractivity contribution in [2.45, 2.75) is 13.3 Å². The van der Waals surface area contributed by atoms with Gasteiger partial charge in [-0.05, 0) is 29.2 Å². The average Bonchev–Trinajstić information content (AvgIpc) is 2.55. The third-order valence-electron chi connectivity index (χ3n) is 3.75. The van der Waals surface area contributed by atoms with Gasteiger partial charge in [-0.15, -0.1) is 0 Å². The monoisotopic (exact) mass is 272 g/mol. The zero-order valence-corrected chi connectivity index (χ0v) is 12.0. The standard InChI is InChI=1S/C20H16O/c1-15-10-12-16(13-11-15)18-7-4-5-9-20(18)19-8-3-2-6-17(19)14-21/h2-5,7-13H,6H2,1H3. The fourth-order valence-electron chi connectivity index (χ4n) is 2.61. The summed E-state index contributed by atoms with van der Waals surface area (Å²) in [6.07, 6.45) is 6.63. The molecule has 1 aliphatic carbocycles. The Kier molecular flexibility index (Phi) is 3.68. The van der Waals surface area contributed by atoms with Crippen LogP contribution in [0.5, 0.6) is 0 Å². The molecule has 0 radical (unpaired) electrons. The highest BCUT2D eigenvalue weighted by molar-refractivity contribution is 5.94. The fraction of sp³-hybridized carbons (Fsp3) is 0.100. The molecule has 0 atom stereocenters. The molecule has 0 heterocycles. The fourth-order valence-corrected chi connectivity index (χ4v) is 2.61. The summed E-state index contributed by atoms with van der Waals surface area (Å²) >= 11 is 0. The van der Waals surface area contributed by atoms with Gasteiger partial charge in [0, 0.05) is 12.0 Å². The zero-order chi connectivity index (χ0) is 14.7. The Hall–Kier alpha value is -2.63. The molecule has 1 aliphatic rings. The molecule has 0 bridgehead atoms. The third-order valence-corrected chi connectivity index (χ3v) is 3.75. The summed E-state index contributed by atoms with van der Waals surface area (Å²) in [6, 6.07) is 16.7. The molecule has 0 aromatic heterocycles. The SMILES string of the molecule is Cc1ccc(-c2ccccc2C2=CC=CCC2=C=O)cc1. The lowest BCUT2D eigenvalue weighted by Crippen LogP contribution is -1.96. The number of carbonyl (C=O) groups excluding carboxylic acids is 1. The first-order chi connectivity index (χ1) is 10.3. The summed E-state index contributed by atoms with van der Waals surface area (Å²) in [6.45, 7) is 2.08. The van der Waals surface area contributed by atoms with Gasteiger partial charge in [-0.25, -0.2) is 4.79 Å². The van der Waals surface area contributed by atoms with E-state index in [2.05, 4.69) is 49.3 Å². The molecule has 0 saturated heterocycles. The molecule has 0 aliphatic heterocycles. The van der Waals surface area contributed by atoms with Gasteiger partial charge in [-0.3, -0.25) is 0 Å². The van der Waals surface area contributed by atoms with E-state index in [1.165, 1.54) is 5.56 Å². The number of allylic oxidation sites excluding steroid dienone is 5. The van der Waals surface area contributed by atoms with Gasteiger partial charge in [0.15, 0.2) is 0 Å². The smallest absolute Gasteiger partial charge is 0.128 e. The summed E-state index contributed by atoms with van der Waals surface area (Å²) in [5.74, 6) is 2.09. The Morgan fingerprint density at radius 1 is 0.952 bits per heavy atom. The molecule has 2 aromatic carbocycles. The quantitative estimate of drug-likeness (QED) is 0.720. The molecule has 0 fully saturated rings. The van der Waals surface area contributed by atoms with Crippen molar-refractivity contribution in [1.29, 1.82) is 0 Å². The number of hydrogen-bond donors (Lipinski definition) is 0. The second kappa shape index (κ2) is 5.78. The second-order valence-electron chi connectivity index (χ2n) is 5.20. The van der Waals surface area contributed by atoms with E-state index in [9.17, 15) is 4.79 Å². The molecule has 0 amide bonds. The maximum absolute atomic E-state index is 11.2. The van der Waals surface area contributed by atoms with Crippen LogP contribution in [-0.4, -0.2) is 5.94 Å². The van der Waals surface area contributed by atoms with Gasteiger partial charge >= 0.3 is 0 Å². The molecular weight excluding hydrogens is 256 g/mol. The lowest BCUT2D eigenvalue weighted by molar-refractivity contribution is 0.567. The molecule has 102 valence electrons. The maximum atomic E-state index is 11.2. The van der Waals surface area contributed by atoms with E-state index >= 15 is 0 Å². The summed E-state index contributed by atoms with van der Waals surface area (Å²) in [7, 11) is 0. The van der Waals surface area contributed by atoms with Crippen LogP contribution in [0, 0.1) is 6.92 Å². The van der Waals surface area contributed by atoms with E-state index in [1.807, 2.05) is 30.4 Å². The summed E-state index contributed by atoms with van der Waals surface area (Å²) in [4.78, 5) is 11.2. The van der Waals surface area contributed by atoms with E-state index in [1.54, 1.807) is 0 Å². The van der Waals surface area contributed by atoms with Gasteiger partial charge in [-0.1, -0.05) is 72.3 Å². The molecule has 3 rings (SSSR count). The molecule has 0 unspecified atom stereocenters. The van der Waals surface area contributed by atoms with E-state index < -0.39 is 0 Å². The predicted octanol–water partition coefficient (Wildman–Crippen LogP) is 4.76. The Labute approximate surface area is 124 Å². The van der Waals surface area contributed by atoms with Crippen LogP contribution in [0.15, 0.2) is 72.3 Å². The van der Waals surface area contributed by atoms with Gasteiger partial charge in [0.2, 0.25) is 0 Å². The van der Waals surface area contributed by atoms with Crippen LogP contribution in [0.3, 0.4) is 0 Å². The normalized spacial score (nSPS) is 13.8.